The standard InChI is InChI=1S/C19H22F2N6O2S/c1-18(2,3)17-22-15(26-9-8-19(20,21)11-26)14-16(23-17)27(25-24-14)10-12-6-4-5-7-13(12)30(28)29/h4-7H,8-11H2,1-3H3,(H,28,29)/p-1. The van der Waals surface area contributed by atoms with Gasteiger partial charge in [0.1, 0.15) is 5.82 Å². The maximum atomic E-state index is 13.8. The number of hydrogen-bond donors (Lipinski definition) is 0. The Morgan fingerprint density at radius 2 is 1.97 bits per heavy atom. The van der Waals surface area contributed by atoms with Gasteiger partial charge in [0.2, 0.25) is 0 Å². The van der Waals surface area contributed by atoms with Gasteiger partial charge in [0.05, 0.1) is 13.1 Å². The molecule has 4 rings (SSSR count). The molecule has 1 fully saturated rings. The minimum absolute atomic E-state index is 0.122. The van der Waals surface area contributed by atoms with Crippen LogP contribution in [0, 0.1) is 0 Å². The van der Waals surface area contributed by atoms with E-state index >= 15 is 0 Å². The summed E-state index contributed by atoms with van der Waals surface area (Å²) in [6, 6.07) is 6.56. The summed E-state index contributed by atoms with van der Waals surface area (Å²) in [4.78, 5) is 10.8. The van der Waals surface area contributed by atoms with Gasteiger partial charge in [-0.25, -0.2) is 23.4 Å². The van der Waals surface area contributed by atoms with Crippen molar-refractivity contribution in [2.75, 3.05) is 18.0 Å². The third kappa shape index (κ3) is 3.91. The van der Waals surface area contributed by atoms with Gasteiger partial charge in [0.25, 0.3) is 5.92 Å². The van der Waals surface area contributed by atoms with E-state index in [-0.39, 0.29) is 24.4 Å². The number of aromatic nitrogens is 5. The molecule has 11 heteroatoms. The van der Waals surface area contributed by atoms with E-state index in [1.807, 2.05) is 20.8 Å². The van der Waals surface area contributed by atoms with Gasteiger partial charge in [-0.2, -0.15) is 0 Å². The summed E-state index contributed by atoms with van der Waals surface area (Å²) >= 11 is -2.41. The van der Waals surface area contributed by atoms with Crippen LogP contribution in [-0.2, 0) is 23.0 Å². The van der Waals surface area contributed by atoms with Crippen molar-refractivity contribution in [1.82, 2.24) is 25.0 Å². The van der Waals surface area contributed by atoms with Gasteiger partial charge in [0.15, 0.2) is 17.0 Å². The summed E-state index contributed by atoms with van der Waals surface area (Å²) < 4.78 is 52.2. The van der Waals surface area contributed by atoms with E-state index in [2.05, 4.69) is 20.3 Å². The predicted molar refractivity (Wildman–Crippen MR) is 106 cm³/mol. The number of nitrogens with zero attached hydrogens (tertiary/aromatic N) is 6. The first-order valence-corrected chi connectivity index (χ1v) is 10.5. The summed E-state index contributed by atoms with van der Waals surface area (Å²) in [6.07, 6.45) is -0.250. The van der Waals surface area contributed by atoms with Crippen molar-refractivity contribution in [2.45, 2.75) is 50.0 Å². The second-order valence-corrected chi connectivity index (χ2v) is 9.32. The van der Waals surface area contributed by atoms with Crippen molar-refractivity contribution in [3.05, 3.63) is 35.7 Å². The summed E-state index contributed by atoms with van der Waals surface area (Å²) in [5.74, 6) is -1.98. The van der Waals surface area contributed by atoms with Crippen LogP contribution in [0.4, 0.5) is 14.6 Å². The first kappa shape index (κ1) is 20.7. The Kier molecular flexibility index (Phi) is 5.05. The smallest absolute Gasteiger partial charge is 0.266 e. The van der Waals surface area contributed by atoms with Crippen LogP contribution in [0.2, 0.25) is 0 Å². The van der Waals surface area contributed by atoms with Crippen molar-refractivity contribution < 1.29 is 17.5 Å². The van der Waals surface area contributed by atoms with Crippen LogP contribution in [0.1, 0.15) is 38.6 Å². The molecule has 0 spiro atoms. The van der Waals surface area contributed by atoms with Gasteiger partial charge in [-0.3, -0.25) is 4.21 Å². The highest BCUT2D eigenvalue weighted by molar-refractivity contribution is 7.79. The maximum absolute atomic E-state index is 13.8. The number of rotatable bonds is 4. The third-order valence-corrected chi connectivity index (χ3v) is 5.71. The lowest BCUT2D eigenvalue weighted by molar-refractivity contribution is 0.0257. The van der Waals surface area contributed by atoms with Crippen LogP contribution < -0.4 is 4.90 Å². The zero-order chi connectivity index (χ0) is 21.7. The van der Waals surface area contributed by atoms with Crippen LogP contribution in [0.3, 0.4) is 0 Å². The molecule has 1 unspecified atom stereocenters. The Morgan fingerprint density at radius 3 is 2.60 bits per heavy atom. The number of anilines is 1. The topological polar surface area (TPSA) is 99.9 Å². The van der Waals surface area contributed by atoms with Gasteiger partial charge in [-0.15, -0.1) is 5.10 Å². The first-order chi connectivity index (χ1) is 14.0. The molecule has 0 aliphatic carbocycles. The summed E-state index contributed by atoms with van der Waals surface area (Å²) in [5.41, 5.74) is 0.796. The van der Waals surface area contributed by atoms with Crippen LogP contribution >= 0.6 is 0 Å². The molecule has 1 saturated heterocycles. The Bertz CT molecular complexity index is 1130. The van der Waals surface area contributed by atoms with Gasteiger partial charge < -0.3 is 9.45 Å². The number of benzene rings is 1. The van der Waals surface area contributed by atoms with Gasteiger partial charge in [0, 0.05) is 23.3 Å². The van der Waals surface area contributed by atoms with E-state index in [1.54, 1.807) is 18.2 Å². The summed E-state index contributed by atoms with van der Waals surface area (Å²) in [7, 11) is 0. The largest absolute Gasteiger partial charge is 0.768 e. The quantitative estimate of drug-likeness (QED) is 0.581. The fourth-order valence-corrected chi connectivity index (χ4v) is 3.92. The average Bonchev–Trinajstić information content (AvgIpc) is 3.23. The van der Waals surface area contributed by atoms with Crippen LogP contribution in [0.5, 0.6) is 0 Å². The third-order valence-electron chi connectivity index (χ3n) is 4.96. The molecule has 1 aromatic carbocycles. The van der Waals surface area contributed by atoms with Crippen molar-refractivity contribution in [3.63, 3.8) is 0 Å². The van der Waals surface area contributed by atoms with E-state index in [0.717, 1.165) is 0 Å². The van der Waals surface area contributed by atoms with Gasteiger partial charge in [-0.1, -0.05) is 44.2 Å². The Morgan fingerprint density at radius 1 is 1.23 bits per heavy atom. The van der Waals surface area contributed by atoms with Crippen molar-refractivity contribution in [3.8, 4) is 0 Å². The maximum Gasteiger partial charge on any atom is 0.266 e. The fraction of sp³-hybridized carbons (Fsp3) is 0.474. The highest BCUT2D eigenvalue weighted by atomic mass is 32.2. The van der Waals surface area contributed by atoms with Crippen LogP contribution in [0.25, 0.3) is 11.2 Å². The molecule has 0 N–H and O–H groups in total. The van der Waals surface area contributed by atoms with Gasteiger partial charge in [-0.05, 0) is 22.7 Å². The molecule has 8 nitrogen and oxygen atoms in total. The number of alkyl halides is 2. The molecular weight excluding hydrogens is 414 g/mol. The van der Waals surface area contributed by atoms with E-state index in [4.69, 9.17) is 0 Å². The molecule has 0 bridgehead atoms. The average molecular weight is 435 g/mol. The zero-order valence-corrected chi connectivity index (χ0v) is 17.6. The molecule has 3 aromatic rings. The minimum Gasteiger partial charge on any atom is -0.768 e. The zero-order valence-electron chi connectivity index (χ0n) is 16.8. The number of halogens is 2. The van der Waals surface area contributed by atoms with Crippen molar-refractivity contribution in [1.29, 1.82) is 0 Å². The number of hydrogen-bond acceptors (Lipinski definition) is 7. The van der Waals surface area contributed by atoms with E-state index in [1.165, 1.54) is 15.6 Å². The highest BCUT2D eigenvalue weighted by Gasteiger charge is 2.40. The second-order valence-electron chi connectivity index (χ2n) is 8.41. The lowest BCUT2D eigenvalue weighted by Crippen LogP contribution is -2.27. The fourth-order valence-electron chi connectivity index (χ4n) is 3.38. The molecule has 1 aliphatic rings. The Hall–Kier alpha value is -2.53. The van der Waals surface area contributed by atoms with Gasteiger partial charge >= 0.3 is 0 Å². The normalized spacial score (nSPS) is 17.6. The molecule has 30 heavy (non-hydrogen) atoms. The molecule has 1 aliphatic heterocycles. The van der Waals surface area contributed by atoms with Crippen molar-refractivity contribution in [2.24, 2.45) is 0 Å². The Labute approximate surface area is 174 Å². The van der Waals surface area contributed by atoms with E-state index in [9.17, 15) is 17.5 Å². The molecule has 3 heterocycles. The number of fused-ring (bicyclic) bond motifs is 1. The van der Waals surface area contributed by atoms with Crippen LogP contribution in [-0.4, -0.2) is 52.7 Å². The SMILES string of the molecule is CC(C)(C)c1nc(N2CCC(F)(F)C2)c2nnn(Cc3ccccc3S(=O)[O-])c2n1. The summed E-state index contributed by atoms with van der Waals surface area (Å²) in [6.45, 7) is 5.64. The lowest BCUT2D eigenvalue weighted by atomic mass is 9.96. The van der Waals surface area contributed by atoms with E-state index in [0.29, 0.717) is 28.4 Å². The predicted octanol–water partition coefficient (Wildman–Crippen LogP) is 2.65. The molecule has 160 valence electrons. The molecule has 2 aromatic heterocycles. The Balaban J connectivity index is 1.84. The molecular formula is C19H21F2N6O2S-. The first-order valence-electron chi connectivity index (χ1n) is 9.47. The van der Waals surface area contributed by atoms with E-state index < -0.39 is 29.0 Å². The molecule has 1 atom stereocenters. The highest BCUT2D eigenvalue weighted by Crippen LogP contribution is 2.34. The molecule has 0 amide bonds. The lowest BCUT2D eigenvalue weighted by Gasteiger charge is -2.22. The minimum atomic E-state index is -2.79. The molecule has 0 saturated carbocycles. The second kappa shape index (κ2) is 7.31. The monoisotopic (exact) mass is 435 g/mol. The van der Waals surface area contributed by atoms with Crippen molar-refractivity contribution >= 4 is 28.1 Å². The van der Waals surface area contributed by atoms with Crippen LogP contribution in [0.15, 0.2) is 29.2 Å². The summed E-state index contributed by atoms with van der Waals surface area (Å²) in [5, 5.41) is 8.28. The molecule has 0 radical (unpaired) electrons.